The standard InChI is InChI=1S/C18H18ClN4P/c1-11(13-4-2-3-5-15(13)19)23-18-17(21-8-9-22-18)14-7-6-12(20)10-16(14)24/h2-11H,20,24H2,1H3,(H,22,23). The Labute approximate surface area is 148 Å². The van der Waals surface area contributed by atoms with Crippen LogP contribution in [0.4, 0.5) is 11.5 Å². The van der Waals surface area contributed by atoms with E-state index in [1.807, 2.05) is 49.4 Å². The van der Waals surface area contributed by atoms with Gasteiger partial charge in [0.15, 0.2) is 5.82 Å². The Bertz CT molecular complexity index is 869. The fourth-order valence-corrected chi connectivity index (χ4v) is 3.27. The summed E-state index contributed by atoms with van der Waals surface area (Å²) >= 11 is 6.29. The maximum Gasteiger partial charge on any atom is 0.153 e. The number of nitrogens with zero attached hydrogens (tertiary/aromatic N) is 2. The molecule has 1 heterocycles. The number of anilines is 2. The first-order chi connectivity index (χ1) is 11.6. The quantitative estimate of drug-likeness (QED) is 0.546. The molecule has 0 aliphatic heterocycles. The van der Waals surface area contributed by atoms with Crippen molar-refractivity contribution < 1.29 is 0 Å². The normalized spacial score (nSPS) is 12.0. The van der Waals surface area contributed by atoms with Crippen LogP contribution in [0.3, 0.4) is 0 Å². The third-order valence-corrected chi connectivity index (χ3v) is 4.58. The summed E-state index contributed by atoms with van der Waals surface area (Å²) in [4.78, 5) is 8.95. The van der Waals surface area contributed by atoms with Gasteiger partial charge in [-0.3, -0.25) is 4.98 Å². The van der Waals surface area contributed by atoms with E-state index in [0.29, 0.717) is 11.5 Å². The summed E-state index contributed by atoms with van der Waals surface area (Å²) in [6, 6.07) is 13.5. The lowest BCUT2D eigenvalue weighted by molar-refractivity contribution is 0.873. The Hall–Kier alpha value is -2.16. The molecule has 2 aromatic carbocycles. The zero-order valence-electron chi connectivity index (χ0n) is 13.2. The minimum absolute atomic E-state index is 0.00380. The van der Waals surface area contributed by atoms with E-state index in [4.69, 9.17) is 17.3 Å². The molecule has 3 rings (SSSR count). The van der Waals surface area contributed by atoms with Gasteiger partial charge in [-0.05, 0) is 36.0 Å². The summed E-state index contributed by atoms with van der Waals surface area (Å²) in [6.45, 7) is 2.05. The van der Waals surface area contributed by atoms with Crippen molar-refractivity contribution in [3.8, 4) is 11.3 Å². The Morgan fingerprint density at radius 2 is 1.88 bits per heavy atom. The Morgan fingerprint density at radius 1 is 1.12 bits per heavy atom. The second kappa shape index (κ2) is 7.16. The maximum atomic E-state index is 6.29. The van der Waals surface area contributed by atoms with Gasteiger partial charge in [-0.25, -0.2) is 4.98 Å². The van der Waals surface area contributed by atoms with Crippen molar-refractivity contribution in [2.24, 2.45) is 0 Å². The largest absolute Gasteiger partial charge is 0.399 e. The first-order valence-electron chi connectivity index (χ1n) is 7.53. The van der Waals surface area contributed by atoms with E-state index in [1.54, 1.807) is 12.4 Å². The van der Waals surface area contributed by atoms with E-state index in [0.717, 1.165) is 27.1 Å². The first-order valence-corrected chi connectivity index (χ1v) is 8.49. The van der Waals surface area contributed by atoms with Gasteiger partial charge in [-0.15, -0.1) is 9.24 Å². The molecular formula is C18H18ClN4P. The van der Waals surface area contributed by atoms with Crippen molar-refractivity contribution in [3.05, 3.63) is 65.4 Å². The number of benzene rings is 2. The number of aromatic nitrogens is 2. The number of nitrogens with one attached hydrogen (secondary N) is 1. The molecule has 2 atom stereocenters. The van der Waals surface area contributed by atoms with E-state index in [2.05, 4.69) is 24.5 Å². The Kier molecular flexibility index (Phi) is 4.98. The molecule has 1 aromatic heterocycles. The van der Waals surface area contributed by atoms with Crippen LogP contribution in [0.25, 0.3) is 11.3 Å². The summed E-state index contributed by atoms with van der Waals surface area (Å²) in [5.41, 5.74) is 9.31. The third kappa shape index (κ3) is 3.50. The molecule has 0 spiro atoms. The van der Waals surface area contributed by atoms with Crippen LogP contribution in [0.2, 0.25) is 5.02 Å². The van der Waals surface area contributed by atoms with Crippen molar-refractivity contribution in [2.45, 2.75) is 13.0 Å². The average Bonchev–Trinajstić information content (AvgIpc) is 2.56. The van der Waals surface area contributed by atoms with Crippen molar-refractivity contribution >= 4 is 37.7 Å². The number of hydrogen-bond acceptors (Lipinski definition) is 4. The number of nitrogen functional groups attached to an aromatic ring is 1. The van der Waals surface area contributed by atoms with Gasteiger partial charge < -0.3 is 11.1 Å². The highest BCUT2D eigenvalue weighted by Crippen LogP contribution is 2.29. The molecule has 0 radical (unpaired) electrons. The molecule has 2 unspecified atom stereocenters. The smallest absolute Gasteiger partial charge is 0.153 e. The van der Waals surface area contributed by atoms with Gasteiger partial charge in [0.1, 0.15) is 5.69 Å². The predicted octanol–water partition coefficient (Wildman–Crippen LogP) is 4.05. The summed E-state index contributed by atoms with van der Waals surface area (Å²) in [5, 5.41) is 5.11. The molecule has 0 fully saturated rings. The molecule has 0 bridgehead atoms. The van der Waals surface area contributed by atoms with Crippen molar-refractivity contribution in [1.82, 2.24) is 9.97 Å². The first kappa shape index (κ1) is 16.7. The zero-order chi connectivity index (χ0) is 17.1. The van der Waals surface area contributed by atoms with Crippen LogP contribution < -0.4 is 16.4 Å². The van der Waals surface area contributed by atoms with Gasteiger partial charge in [-0.1, -0.05) is 35.9 Å². The summed E-state index contributed by atoms with van der Waals surface area (Å²) in [5.74, 6) is 0.707. The van der Waals surface area contributed by atoms with Crippen LogP contribution in [0.15, 0.2) is 54.9 Å². The Balaban J connectivity index is 1.97. The molecule has 0 saturated carbocycles. The molecule has 0 aliphatic carbocycles. The van der Waals surface area contributed by atoms with Crippen LogP contribution in [0.1, 0.15) is 18.5 Å². The van der Waals surface area contributed by atoms with E-state index in [9.17, 15) is 0 Å². The molecule has 0 saturated heterocycles. The maximum absolute atomic E-state index is 6.29. The van der Waals surface area contributed by atoms with E-state index in [1.165, 1.54) is 0 Å². The summed E-state index contributed by atoms with van der Waals surface area (Å²) < 4.78 is 0. The highest BCUT2D eigenvalue weighted by atomic mass is 35.5. The van der Waals surface area contributed by atoms with Gasteiger partial charge >= 0.3 is 0 Å². The van der Waals surface area contributed by atoms with Gasteiger partial charge in [0.25, 0.3) is 0 Å². The third-order valence-electron chi connectivity index (χ3n) is 3.75. The second-order valence-corrected chi connectivity index (χ2v) is 6.52. The number of hydrogen-bond donors (Lipinski definition) is 2. The summed E-state index contributed by atoms with van der Waals surface area (Å²) in [6.07, 6.45) is 3.35. The number of nitrogens with two attached hydrogens (primary N) is 1. The molecule has 122 valence electrons. The van der Waals surface area contributed by atoms with Crippen LogP contribution >= 0.6 is 20.8 Å². The number of rotatable bonds is 4. The van der Waals surface area contributed by atoms with Crippen molar-refractivity contribution in [3.63, 3.8) is 0 Å². The monoisotopic (exact) mass is 356 g/mol. The molecule has 6 heteroatoms. The van der Waals surface area contributed by atoms with Crippen molar-refractivity contribution in [1.29, 1.82) is 0 Å². The number of halogens is 1. The molecule has 4 nitrogen and oxygen atoms in total. The fourth-order valence-electron chi connectivity index (χ4n) is 2.55. The highest BCUT2D eigenvalue weighted by Gasteiger charge is 2.15. The SMILES string of the molecule is CC(Nc1nccnc1-c1ccc(N)cc1P)c1ccccc1Cl. The van der Waals surface area contributed by atoms with Crippen LogP contribution in [-0.2, 0) is 0 Å². The van der Waals surface area contributed by atoms with Crippen LogP contribution in [-0.4, -0.2) is 9.97 Å². The zero-order valence-corrected chi connectivity index (χ0v) is 15.1. The molecular weight excluding hydrogens is 339 g/mol. The van der Waals surface area contributed by atoms with E-state index < -0.39 is 0 Å². The predicted molar refractivity (Wildman–Crippen MR) is 105 cm³/mol. The fraction of sp³-hybridized carbons (Fsp3) is 0.111. The molecule has 3 aromatic rings. The average molecular weight is 357 g/mol. The lowest BCUT2D eigenvalue weighted by Crippen LogP contribution is -2.11. The Morgan fingerprint density at radius 3 is 2.62 bits per heavy atom. The van der Waals surface area contributed by atoms with Gasteiger partial charge in [0, 0.05) is 28.7 Å². The van der Waals surface area contributed by atoms with E-state index in [-0.39, 0.29) is 6.04 Å². The minimum atomic E-state index is -0.00380. The lowest BCUT2D eigenvalue weighted by Gasteiger charge is -2.18. The molecule has 24 heavy (non-hydrogen) atoms. The van der Waals surface area contributed by atoms with Gasteiger partial charge in [-0.2, -0.15) is 0 Å². The van der Waals surface area contributed by atoms with Crippen molar-refractivity contribution in [2.75, 3.05) is 11.1 Å². The second-order valence-electron chi connectivity index (χ2n) is 5.49. The highest BCUT2D eigenvalue weighted by molar-refractivity contribution is 7.28. The molecule has 0 aliphatic rings. The molecule has 0 amide bonds. The summed E-state index contributed by atoms with van der Waals surface area (Å²) in [7, 11) is 2.69. The van der Waals surface area contributed by atoms with E-state index >= 15 is 0 Å². The van der Waals surface area contributed by atoms with Gasteiger partial charge in [0.05, 0.1) is 6.04 Å². The minimum Gasteiger partial charge on any atom is -0.399 e. The van der Waals surface area contributed by atoms with Crippen LogP contribution in [0, 0.1) is 0 Å². The molecule has 3 N–H and O–H groups in total. The topological polar surface area (TPSA) is 63.8 Å². The van der Waals surface area contributed by atoms with Crippen LogP contribution in [0.5, 0.6) is 0 Å². The van der Waals surface area contributed by atoms with Gasteiger partial charge in [0.2, 0.25) is 0 Å². The lowest BCUT2D eigenvalue weighted by atomic mass is 10.1.